The van der Waals surface area contributed by atoms with Crippen LogP contribution in [-0.4, -0.2) is 26.0 Å². The minimum Gasteiger partial charge on any atom is -0.461 e. The van der Waals surface area contributed by atoms with Crippen molar-refractivity contribution in [2.24, 2.45) is 0 Å². The third kappa shape index (κ3) is 4.32. The van der Waals surface area contributed by atoms with Crippen LogP contribution in [-0.2, 0) is 14.8 Å². The molecule has 0 saturated carbocycles. The van der Waals surface area contributed by atoms with E-state index < -0.39 is 16.0 Å². The summed E-state index contributed by atoms with van der Waals surface area (Å²) >= 11 is 0. The van der Waals surface area contributed by atoms with E-state index in [2.05, 4.69) is 9.71 Å². The molecule has 2 aromatic rings. The van der Waals surface area contributed by atoms with Crippen molar-refractivity contribution >= 4 is 21.7 Å². The average Bonchev–Trinajstić information content (AvgIpc) is 2.55. The van der Waals surface area contributed by atoms with Crippen molar-refractivity contribution in [1.29, 1.82) is 0 Å². The van der Waals surface area contributed by atoms with Crippen molar-refractivity contribution in [1.82, 2.24) is 4.98 Å². The second kappa shape index (κ2) is 7.44. The van der Waals surface area contributed by atoms with Gasteiger partial charge >= 0.3 is 5.97 Å². The molecule has 7 heteroatoms. The summed E-state index contributed by atoms with van der Waals surface area (Å²) in [6, 6.07) is 9.61. The van der Waals surface area contributed by atoms with Crippen molar-refractivity contribution in [2.75, 3.05) is 11.3 Å². The van der Waals surface area contributed by atoms with Gasteiger partial charge in [-0.2, -0.15) is 0 Å². The lowest BCUT2D eigenvalue weighted by molar-refractivity contribution is 0.0519. The predicted molar refractivity (Wildman–Crippen MR) is 91.5 cm³/mol. The second-order valence-corrected chi connectivity index (χ2v) is 7.16. The molecule has 1 N–H and O–H groups in total. The van der Waals surface area contributed by atoms with E-state index in [1.54, 1.807) is 31.2 Å². The zero-order valence-corrected chi connectivity index (χ0v) is 14.6. The molecule has 0 aliphatic rings. The molecule has 0 radical (unpaired) electrons. The lowest BCUT2D eigenvalue weighted by atomic mass is 10.0. The Morgan fingerprint density at radius 1 is 1.17 bits per heavy atom. The molecule has 24 heavy (non-hydrogen) atoms. The van der Waals surface area contributed by atoms with Crippen molar-refractivity contribution in [2.45, 2.75) is 31.6 Å². The van der Waals surface area contributed by atoms with E-state index in [1.807, 2.05) is 13.8 Å². The Kier molecular flexibility index (Phi) is 5.56. The molecule has 0 fully saturated rings. The lowest BCUT2D eigenvalue weighted by Gasteiger charge is -2.10. The smallest absolute Gasteiger partial charge is 0.356 e. The van der Waals surface area contributed by atoms with Crippen LogP contribution in [0.3, 0.4) is 0 Å². The van der Waals surface area contributed by atoms with Crippen LogP contribution in [0.1, 0.15) is 42.7 Å². The van der Waals surface area contributed by atoms with E-state index in [0.717, 1.165) is 5.56 Å². The molecule has 128 valence electrons. The van der Waals surface area contributed by atoms with Crippen LogP contribution in [0.4, 0.5) is 5.69 Å². The molecular formula is C17H20N2O4S. The van der Waals surface area contributed by atoms with Crippen molar-refractivity contribution in [3.63, 3.8) is 0 Å². The third-order valence-electron chi connectivity index (χ3n) is 3.36. The number of hydrogen-bond donors (Lipinski definition) is 1. The van der Waals surface area contributed by atoms with Crippen LogP contribution in [0, 0.1) is 0 Å². The standard InChI is InChI=1S/C17H20N2O4S/c1-4-23-17(20)16-10-7-14(11-18-16)19-24(21,22)15-8-5-13(6-9-15)12(2)3/h5-12,19H,4H2,1-3H3. The van der Waals surface area contributed by atoms with Gasteiger partial charge in [0.2, 0.25) is 0 Å². The number of pyridine rings is 1. The zero-order chi connectivity index (χ0) is 17.7. The van der Waals surface area contributed by atoms with E-state index in [4.69, 9.17) is 4.74 Å². The molecule has 0 amide bonds. The fourth-order valence-corrected chi connectivity index (χ4v) is 3.07. The van der Waals surface area contributed by atoms with E-state index >= 15 is 0 Å². The SMILES string of the molecule is CCOC(=O)c1ccc(NS(=O)(=O)c2ccc(C(C)C)cc2)cn1. The highest BCUT2D eigenvalue weighted by molar-refractivity contribution is 7.92. The van der Waals surface area contributed by atoms with E-state index in [9.17, 15) is 13.2 Å². The number of carbonyl (C=O) groups excluding carboxylic acids is 1. The first kappa shape index (κ1) is 17.9. The van der Waals surface area contributed by atoms with E-state index in [0.29, 0.717) is 5.92 Å². The lowest BCUT2D eigenvalue weighted by Crippen LogP contribution is -2.14. The summed E-state index contributed by atoms with van der Waals surface area (Å²) in [5.74, 6) is -0.217. The number of sulfonamides is 1. The molecule has 0 aliphatic carbocycles. The Morgan fingerprint density at radius 2 is 1.83 bits per heavy atom. The highest BCUT2D eigenvalue weighted by Crippen LogP contribution is 2.19. The second-order valence-electron chi connectivity index (χ2n) is 5.48. The number of esters is 1. The molecule has 0 saturated heterocycles. The summed E-state index contributed by atoms with van der Waals surface area (Å²) < 4.78 is 32.0. The highest BCUT2D eigenvalue weighted by Gasteiger charge is 2.15. The quantitative estimate of drug-likeness (QED) is 0.810. The van der Waals surface area contributed by atoms with Crippen LogP contribution in [0.5, 0.6) is 0 Å². The van der Waals surface area contributed by atoms with Gasteiger partial charge in [-0.3, -0.25) is 4.72 Å². The van der Waals surface area contributed by atoms with Crippen molar-refractivity contribution in [3.05, 3.63) is 53.9 Å². The number of hydrogen-bond acceptors (Lipinski definition) is 5. The molecular weight excluding hydrogens is 328 g/mol. The van der Waals surface area contributed by atoms with Gasteiger partial charge in [0.25, 0.3) is 10.0 Å². The number of nitrogens with one attached hydrogen (secondary N) is 1. The third-order valence-corrected chi connectivity index (χ3v) is 4.75. The van der Waals surface area contributed by atoms with Crippen LogP contribution in [0.25, 0.3) is 0 Å². The maximum absolute atomic E-state index is 12.4. The molecule has 0 bridgehead atoms. The van der Waals surface area contributed by atoms with Gasteiger partial charge in [-0.05, 0) is 42.7 Å². The number of ether oxygens (including phenoxy) is 1. The highest BCUT2D eigenvalue weighted by atomic mass is 32.2. The Labute approximate surface area is 141 Å². The molecule has 0 atom stereocenters. The summed E-state index contributed by atoms with van der Waals surface area (Å²) in [7, 11) is -3.71. The number of benzene rings is 1. The van der Waals surface area contributed by atoms with Crippen LogP contribution in [0.15, 0.2) is 47.5 Å². The zero-order valence-electron chi connectivity index (χ0n) is 13.8. The first-order valence-electron chi connectivity index (χ1n) is 7.59. The van der Waals surface area contributed by atoms with Crippen molar-refractivity contribution in [3.8, 4) is 0 Å². The van der Waals surface area contributed by atoms with Crippen LogP contribution in [0.2, 0.25) is 0 Å². The van der Waals surface area contributed by atoms with E-state index in [1.165, 1.54) is 18.3 Å². The first-order valence-corrected chi connectivity index (χ1v) is 9.07. The topological polar surface area (TPSA) is 85.4 Å². The number of nitrogens with zero attached hydrogens (tertiary/aromatic N) is 1. The Hall–Kier alpha value is -2.41. The van der Waals surface area contributed by atoms with Gasteiger partial charge < -0.3 is 4.74 Å². The largest absolute Gasteiger partial charge is 0.461 e. The Balaban J connectivity index is 2.15. The average molecular weight is 348 g/mol. The normalized spacial score (nSPS) is 11.3. The molecule has 0 unspecified atom stereocenters. The summed E-state index contributed by atoms with van der Waals surface area (Å²) in [4.78, 5) is 15.6. The monoisotopic (exact) mass is 348 g/mol. The summed E-state index contributed by atoms with van der Waals surface area (Å²) in [5, 5.41) is 0. The molecule has 2 rings (SSSR count). The maximum Gasteiger partial charge on any atom is 0.356 e. The summed E-state index contributed by atoms with van der Waals surface area (Å²) in [6.07, 6.45) is 1.28. The molecule has 0 spiro atoms. The molecule has 6 nitrogen and oxygen atoms in total. The maximum atomic E-state index is 12.4. The molecule has 0 aliphatic heterocycles. The summed E-state index contributed by atoms with van der Waals surface area (Å²) in [6.45, 7) is 6.03. The molecule has 1 aromatic heterocycles. The van der Waals surface area contributed by atoms with Gasteiger partial charge in [-0.25, -0.2) is 18.2 Å². The number of aromatic nitrogens is 1. The van der Waals surface area contributed by atoms with Crippen LogP contribution < -0.4 is 4.72 Å². The molecule has 1 heterocycles. The predicted octanol–water partition coefficient (Wildman–Crippen LogP) is 3.18. The van der Waals surface area contributed by atoms with Crippen LogP contribution >= 0.6 is 0 Å². The molecule has 1 aromatic carbocycles. The van der Waals surface area contributed by atoms with Gasteiger partial charge in [0, 0.05) is 0 Å². The van der Waals surface area contributed by atoms with Gasteiger partial charge in [-0.1, -0.05) is 26.0 Å². The van der Waals surface area contributed by atoms with Gasteiger partial charge in [-0.15, -0.1) is 0 Å². The first-order chi connectivity index (χ1) is 11.3. The van der Waals surface area contributed by atoms with Crippen molar-refractivity contribution < 1.29 is 17.9 Å². The van der Waals surface area contributed by atoms with Gasteiger partial charge in [0.05, 0.1) is 23.4 Å². The minimum absolute atomic E-state index is 0.126. The Bertz CT molecular complexity index is 797. The Morgan fingerprint density at radius 3 is 2.33 bits per heavy atom. The fraction of sp³-hybridized carbons (Fsp3) is 0.294. The number of carbonyl (C=O) groups is 1. The van der Waals surface area contributed by atoms with Gasteiger partial charge in [0.15, 0.2) is 0 Å². The minimum atomic E-state index is -3.71. The fourth-order valence-electron chi connectivity index (χ4n) is 2.03. The number of rotatable bonds is 6. The number of anilines is 1. The van der Waals surface area contributed by atoms with E-state index in [-0.39, 0.29) is 22.9 Å². The summed E-state index contributed by atoms with van der Waals surface area (Å²) in [5.41, 5.74) is 1.46. The van der Waals surface area contributed by atoms with Gasteiger partial charge in [0.1, 0.15) is 5.69 Å².